The number of benzene rings is 1. The fourth-order valence-electron chi connectivity index (χ4n) is 3.69. The summed E-state index contributed by atoms with van der Waals surface area (Å²) in [5, 5.41) is 11.8. The first kappa shape index (κ1) is 19.3. The third-order valence-corrected chi connectivity index (χ3v) is 5.29. The van der Waals surface area contributed by atoms with Crippen molar-refractivity contribution in [2.24, 2.45) is 0 Å². The van der Waals surface area contributed by atoms with Gasteiger partial charge in [-0.15, -0.1) is 0 Å². The van der Waals surface area contributed by atoms with Gasteiger partial charge in [-0.1, -0.05) is 28.9 Å². The van der Waals surface area contributed by atoms with Crippen molar-refractivity contribution >= 4 is 5.91 Å². The topological polar surface area (TPSA) is 89.1 Å². The Kier molecular flexibility index (Phi) is 5.71. The number of amides is 1. The number of carbonyl (C=O) groups is 1. The summed E-state index contributed by atoms with van der Waals surface area (Å²) in [6, 6.07) is 9.93. The second-order valence-corrected chi connectivity index (χ2v) is 7.59. The molecule has 0 bridgehead atoms. The standard InChI is InChI=1S/C21H26N6O2/c1-15-5-3-6-16(11-15)21-24-19(29-25-21)13-26(2)20(28)14-27-18(8-10-23-27)17-7-4-9-22-12-17/h3,5-6,8,10-11,17,22H,4,7,9,12-14H2,1-2H3/t17-/m1/s1. The van der Waals surface area contributed by atoms with Gasteiger partial charge >= 0.3 is 0 Å². The highest BCUT2D eigenvalue weighted by Gasteiger charge is 2.21. The van der Waals surface area contributed by atoms with Crippen molar-refractivity contribution in [2.75, 3.05) is 20.1 Å². The Balaban J connectivity index is 1.39. The molecule has 2 aromatic heterocycles. The van der Waals surface area contributed by atoms with Crippen LogP contribution in [0.3, 0.4) is 0 Å². The van der Waals surface area contributed by atoms with Crippen LogP contribution in [-0.2, 0) is 17.9 Å². The molecule has 29 heavy (non-hydrogen) atoms. The average Bonchev–Trinajstić information content (AvgIpc) is 3.38. The molecule has 1 fully saturated rings. The lowest BCUT2D eigenvalue weighted by molar-refractivity contribution is -0.131. The van der Waals surface area contributed by atoms with Crippen molar-refractivity contribution in [1.29, 1.82) is 0 Å². The molecule has 1 aliphatic rings. The molecular formula is C21H26N6O2. The molecule has 1 aromatic carbocycles. The number of aromatic nitrogens is 4. The van der Waals surface area contributed by atoms with E-state index in [9.17, 15) is 4.79 Å². The minimum Gasteiger partial charge on any atom is -0.337 e. The van der Waals surface area contributed by atoms with Gasteiger partial charge in [-0.25, -0.2) is 0 Å². The molecule has 3 aromatic rings. The normalized spacial score (nSPS) is 16.7. The number of nitrogens with one attached hydrogen (secondary N) is 1. The van der Waals surface area contributed by atoms with E-state index in [1.54, 1.807) is 18.1 Å². The number of carbonyl (C=O) groups excluding carboxylic acids is 1. The lowest BCUT2D eigenvalue weighted by Crippen LogP contribution is -2.33. The fraction of sp³-hybridized carbons (Fsp3) is 0.429. The van der Waals surface area contributed by atoms with Gasteiger partial charge in [0, 0.05) is 37.0 Å². The first-order chi connectivity index (χ1) is 14.1. The minimum absolute atomic E-state index is 0.0472. The van der Waals surface area contributed by atoms with Crippen LogP contribution in [0.2, 0.25) is 0 Å². The van der Waals surface area contributed by atoms with Crippen LogP contribution in [-0.4, -0.2) is 50.9 Å². The third-order valence-electron chi connectivity index (χ3n) is 5.29. The number of nitrogens with zero attached hydrogens (tertiary/aromatic N) is 5. The van der Waals surface area contributed by atoms with Gasteiger partial charge in [0.25, 0.3) is 0 Å². The molecule has 0 spiro atoms. The maximum Gasteiger partial charge on any atom is 0.246 e. The fourth-order valence-corrected chi connectivity index (χ4v) is 3.69. The molecule has 3 heterocycles. The van der Waals surface area contributed by atoms with E-state index in [0.29, 0.717) is 17.6 Å². The minimum atomic E-state index is -0.0472. The molecule has 1 aliphatic heterocycles. The summed E-state index contributed by atoms with van der Waals surface area (Å²) in [6.45, 7) is 4.47. The van der Waals surface area contributed by atoms with E-state index in [1.807, 2.05) is 41.9 Å². The van der Waals surface area contributed by atoms with Crippen LogP contribution in [0.4, 0.5) is 0 Å². The number of rotatable bonds is 6. The second kappa shape index (κ2) is 8.57. The summed E-state index contributed by atoms with van der Waals surface area (Å²) in [4.78, 5) is 18.8. The Morgan fingerprint density at radius 3 is 3.07 bits per heavy atom. The van der Waals surface area contributed by atoms with E-state index >= 15 is 0 Å². The smallest absolute Gasteiger partial charge is 0.246 e. The largest absolute Gasteiger partial charge is 0.337 e. The van der Waals surface area contributed by atoms with Gasteiger partial charge in [0.05, 0.1) is 6.54 Å². The van der Waals surface area contributed by atoms with Crippen LogP contribution in [0.15, 0.2) is 41.1 Å². The highest BCUT2D eigenvalue weighted by Crippen LogP contribution is 2.23. The molecule has 1 atom stereocenters. The maximum absolute atomic E-state index is 12.7. The molecule has 8 nitrogen and oxygen atoms in total. The predicted octanol–water partition coefficient (Wildman–Crippen LogP) is 2.37. The highest BCUT2D eigenvalue weighted by atomic mass is 16.5. The van der Waals surface area contributed by atoms with E-state index < -0.39 is 0 Å². The average molecular weight is 394 g/mol. The van der Waals surface area contributed by atoms with E-state index in [0.717, 1.165) is 42.8 Å². The van der Waals surface area contributed by atoms with Crippen molar-refractivity contribution in [1.82, 2.24) is 30.1 Å². The molecule has 8 heteroatoms. The van der Waals surface area contributed by atoms with Crippen LogP contribution in [0, 0.1) is 6.92 Å². The Hall–Kier alpha value is -3.00. The molecule has 1 amide bonds. The van der Waals surface area contributed by atoms with Crippen molar-refractivity contribution in [2.45, 2.75) is 38.8 Å². The van der Waals surface area contributed by atoms with E-state index in [2.05, 4.69) is 20.6 Å². The zero-order chi connectivity index (χ0) is 20.2. The van der Waals surface area contributed by atoms with Crippen LogP contribution in [0.25, 0.3) is 11.4 Å². The van der Waals surface area contributed by atoms with Crippen molar-refractivity contribution in [3.05, 3.63) is 53.7 Å². The van der Waals surface area contributed by atoms with Gasteiger partial charge in [-0.3, -0.25) is 9.48 Å². The highest BCUT2D eigenvalue weighted by molar-refractivity contribution is 5.75. The van der Waals surface area contributed by atoms with Gasteiger partial charge < -0.3 is 14.7 Å². The zero-order valence-electron chi connectivity index (χ0n) is 16.8. The number of piperidine rings is 1. The van der Waals surface area contributed by atoms with Crippen LogP contribution in [0.1, 0.15) is 35.9 Å². The Bertz CT molecular complexity index is 973. The van der Waals surface area contributed by atoms with Crippen molar-refractivity contribution in [3.63, 3.8) is 0 Å². The molecular weight excluding hydrogens is 368 g/mol. The Morgan fingerprint density at radius 1 is 1.38 bits per heavy atom. The van der Waals surface area contributed by atoms with Crippen molar-refractivity contribution in [3.8, 4) is 11.4 Å². The Labute approximate surface area is 169 Å². The number of hydrogen-bond acceptors (Lipinski definition) is 6. The molecule has 0 aliphatic carbocycles. The van der Waals surface area contributed by atoms with Crippen LogP contribution < -0.4 is 5.32 Å². The molecule has 4 rings (SSSR count). The molecule has 1 N–H and O–H groups in total. The summed E-state index contributed by atoms with van der Waals surface area (Å²) in [7, 11) is 1.74. The molecule has 152 valence electrons. The van der Waals surface area contributed by atoms with Crippen LogP contribution in [0.5, 0.6) is 0 Å². The summed E-state index contributed by atoms with van der Waals surface area (Å²) < 4.78 is 7.16. The monoisotopic (exact) mass is 394 g/mol. The van der Waals surface area contributed by atoms with E-state index in [-0.39, 0.29) is 19.0 Å². The first-order valence-corrected chi connectivity index (χ1v) is 9.96. The van der Waals surface area contributed by atoms with Crippen molar-refractivity contribution < 1.29 is 9.32 Å². The van der Waals surface area contributed by atoms with Gasteiger partial charge in [0.1, 0.15) is 6.54 Å². The molecule has 0 saturated carbocycles. The van der Waals surface area contributed by atoms with Gasteiger partial charge in [-0.05, 0) is 38.4 Å². The molecule has 0 unspecified atom stereocenters. The lowest BCUT2D eigenvalue weighted by Gasteiger charge is -2.24. The Morgan fingerprint density at radius 2 is 2.28 bits per heavy atom. The quantitative estimate of drug-likeness (QED) is 0.690. The third kappa shape index (κ3) is 4.54. The summed E-state index contributed by atoms with van der Waals surface area (Å²) in [5.74, 6) is 1.30. The maximum atomic E-state index is 12.7. The summed E-state index contributed by atoms with van der Waals surface area (Å²) in [6.07, 6.45) is 4.03. The molecule has 0 radical (unpaired) electrons. The lowest BCUT2D eigenvalue weighted by atomic mass is 9.96. The van der Waals surface area contributed by atoms with Gasteiger partial charge in [0.2, 0.25) is 17.6 Å². The zero-order valence-corrected chi connectivity index (χ0v) is 16.8. The van der Waals surface area contributed by atoms with Gasteiger partial charge in [0.15, 0.2) is 0 Å². The molecule has 1 saturated heterocycles. The van der Waals surface area contributed by atoms with Gasteiger partial charge in [-0.2, -0.15) is 10.1 Å². The number of likely N-dealkylation sites (N-methyl/N-ethyl adjacent to an activating group) is 1. The van der Waals surface area contributed by atoms with E-state index in [4.69, 9.17) is 4.52 Å². The summed E-state index contributed by atoms with van der Waals surface area (Å²) >= 11 is 0. The SMILES string of the molecule is Cc1cccc(-c2noc(CN(C)C(=O)Cn3nccc3[C@@H]3CCCNC3)n2)c1. The van der Waals surface area contributed by atoms with Crippen LogP contribution >= 0.6 is 0 Å². The summed E-state index contributed by atoms with van der Waals surface area (Å²) in [5.41, 5.74) is 3.14. The predicted molar refractivity (Wildman–Crippen MR) is 108 cm³/mol. The number of hydrogen-bond donors (Lipinski definition) is 1. The second-order valence-electron chi connectivity index (χ2n) is 7.59. The number of aryl methyl sites for hydroxylation is 1. The first-order valence-electron chi connectivity index (χ1n) is 9.96. The van der Waals surface area contributed by atoms with E-state index in [1.165, 1.54) is 0 Å².